The highest BCUT2D eigenvalue weighted by Gasteiger charge is 2.29. The van der Waals surface area contributed by atoms with Crippen LogP contribution in [0.15, 0.2) is 61.1 Å². The van der Waals surface area contributed by atoms with Crippen molar-refractivity contribution in [2.45, 2.75) is 25.4 Å². The monoisotopic (exact) mass is 448 g/mol. The Kier molecular flexibility index (Phi) is 6.39. The molecule has 0 saturated carbocycles. The zero-order valence-corrected chi connectivity index (χ0v) is 18.0. The van der Waals surface area contributed by atoms with Crippen LogP contribution in [0.5, 0.6) is 0 Å². The SMILES string of the molecule is C[C@H](NC(=O)OCC1c2ccccc2-c2ccccc21)C(=O)NCCn1cnc(C(=O)O)c1. The van der Waals surface area contributed by atoms with Crippen LogP contribution >= 0.6 is 0 Å². The Morgan fingerprint density at radius 3 is 2.33 bits per heavy atom. The van der Waals surface area contributed by atoms with Gasteiger partial charge in [-0.2, -0.15) is 0 Å². The molecule has 0 spiro atoms. The van der Waals surface area contributed by atoms with Gasteiger partial charge in [-0.3, -0.25) is 4.79 Å². The Morgan fingerprint density at radius 1 is 1.09 bits per heavy atom. The van der Waals surface area contributed by atoms with Gasteiger partial charge in [0.2, 0.25) is 5.91 Å². The fraction of sp³-hybridized carbons (Fsp3) is 0.250. The molecule has 1 aliphatic carbocycles. The molecule has 0 fully saturated rings. The molecule has 3 N–H and O–H groups in total. The van der Waals surface area contributed by atoms with Crippen LogP contribution in [0.3, 0.4) is 0 Å². The Labute approximate surface area is 190 Å². The first-order valence-electron chi connectivity index (χ1n) is 10.6. The van der Waals surface area contributed by atoms with Gasteiger partial charge in [-0.05, 0) is 29.2 Å². The third-order valence-electron chi connectivity index (χ3n) is 5.59. The molecule has 1 aromatic heterocycles. The average molecular weight is 448 g/mol. The van der Waals surface area contributed by atoms with E-state index in [9.17, 15) is 14.4 Å². The predicted octanol–water partition coefficient (Wildman–Crippen LogP) is 2.62. The molecule has 0 aliphatic heterocycles. The number of nitrogens with one attached hydrogen (secondary N) is 2. The van der Waals surface area contributed by atoms with Crippen molar-refractivity contribution >= 4 is 18.0 Å². The number of rotatable bonds is 8. The van der Waals surface area contributed by atoms with E-state index in [2.05, 4.69) is 27.8 Å². The van der Waals surface area contributed by atoms with Crippen LogP contribution in [-0.2, 0) is 16.1 Å². The number of amides is 2. The molecule has 33 heavy (non-hydrogen) atoms. The van der Waals surface area contributed by atoms with Crippen LogP contribution in [0.4, 0.5) is 4.79 Å². The van der Waals surface area contributed by atoms with Crippen molar-refractivity contribution in [3.63, 3.8) is 0 Å². The summed E-state index contributed by atoms with van der Waals surface area (Å²) < 4.78 is 7.02. The van der Waals surface area contributed by atoms with Crippen molar-refractivity contribution in [1.82, 2.24) is 20.2 Å². The number of nitrogens with zero attached hydrogens (tertiary/aromatic N) is 2. The third-order valence-corrected chi connectivity index (χ3v) is 5.59. The maximum Gasteiger partial charge on any atom is 0.407 e. The molecule has 2 amide bonds. The van der Waals surface area contributed by atoms with Crippen LogP contribution in [0.25, 0.3) is 11.1 Å². The predicted molar refractivity (Wildman–Crippen MR) is 120 cm³/mol. The topological polar surface area (TPSA) is 123 Å². The number of fused-ring (bicyclic) bond motifs is 3. The number of carboxylic acid groups (broad SMARTS) is 1. The van der Waals surface area contributed by atoms with Crippen LogP contribution in [0.2, 0.25) is 0 Å². The highest BCUT2D eigenvalue weighted by molar-refractivity contribution is 5.85. The lowest BCUT2D eigenvalue weighted by Gasteiger charge is -2.17. The second-order valence-corrected chi connectivity index (χ2v) is 7.78. The number of carboxylic acids is 1. The summed E-state index contributed by atoms with van der Waals surface area (Å²) in [6, 6.07) is 15.3. The van der Waals surface area contributed by atoms with E-state index in [4.69, 9.17) is 9.84 Å². The fourth-order valence-corrected chi connectivity index (χ4v) is 3.94. The molecule has 0 radical (unpaired) electrons. The van der Waals surface area contributed by atoms with E-state index in [-0.39, 0.29) is 30.7 Å². The molecule has 2 aromatic carbocycles. The van der Waals surface area contributed by atoms with E-state index in [0.717, 1.165) is 22.3 Å². The number of benzene rings is 2. The van der Waals surface area contributed by atoms with Crippen molar-refractivity contribution < 1.29 is 24.2 Å². The molecule has 9 heteroatoms. The zero-order valence-electron chi connectivity index (χ0n) is 18.0. The number of aromatic nitrogens is 2. The van der Waals surface area contributed by atoms with Gasteiger partial charge < -0.3 is 25.0 Å². The van der Waals surface area contributed by atoms with Gasteiger partial charge in [0.1, 0.15) is 12.6 Å². The van der Waals surface area contributed by atoms with Crippen molar-refractivity contribution in [3.8, 4) is 11.1 Å². The summed E-state index contributed by atoms with van der Waals surface area (Å²) in [7, 11) is 0. The van der Waals surface area contributed by atoms with Crippen molar-refractivity contribution in [2.24, 2.45) is 0 Å². The fourth-order valence-electron chi connectivity index (χ4n) is 3.94. The van der Waals surface area contributed by atoms with Crippen LogP contribution in [0, 0.1) is 0 Å². The summed E-state index contributed by atoms with van der Waals surface area (Å²) in [5.41, 5.74) is 4.45. The number of carbonyl (C=O) groups is 3. The molecule has 1 aliphatic rings. The summed E-state index contributed by atoms with van der Waals surface area (Å²) in [4.78, 5) is 39.2. The summed E-state index contributed by atoms with van der Waals surface area (Å²) in [6.07, 6.45) is 2.10. The smallest absolute Gasteiger partial charge is 0.407 e. The zero-order chi connectivity index (χ0) is 23.4. The lowest BCUT2D eigenvalue weighted by molar-refractivity contribution is -0.122. The number of aromatic carboxylic acids is 1. The Morgan fingerprint density at radius 2 is 1.73 bits per heavy atom. The molecule has 170 valence electrons. The van der Waals surface area contributed by atoms with Crippen LogP contribution in [-0.4, -0.2) is 51.8 Å². The Hall–Kier alpha value is -4.14. The number of alkyl carbamates (subject to hydrolysis) is 1. The highest BCUT2D eigenvalue weighted by Crippen LogP contribution is 2.44. The molecule has 0 unspecified atom stereocenters. The summed E-state index contributed by atoms with van der Waals surface area (Å²) >= 11 is 0. The lowest BCUT2D eigenvalue weighted by atomic mass is 9.98. The van der Waals surface area contributed by atoms with E-state index < -0.39 is 18.1 Å². The molecule has 9 nitrogen and oxygen atoms in total. The minimum atomic E-state index is -1.11. The number of hydrogen-bond acceptors (Lipinski definition) is 5. The molecule has 1 atom stereocenters. The normalized spacial score (nSPS) is 13.0. The van der Waals surface area contributed by atoms with E-state index in [1.165, 1.54) is 12.5 Å². The van der Waals surface area contributed by atoms with Gasteiger partial charge in [0.25, 0.3) is 0 Å². The van der Waals surface area contributed by atoms with Crippen molar-refractivity contribution in [3.05, 3.63) is 77.9 Å². The van der Waals surface area contributed by atoms with Crippen LogP contribution in [0.1, 0.15) is 34.5 Å². The van der Waals surface area contributed by atoms with E-state index in [0.29, 0.717) is 6.54 Å². The van der Waals surface area contributed by atoms with Gasteiger partial charge in [-0.25, -0.2) is 14.6 Å². The van der Waals surface area contributed by atoms with Crippen molar-refractivity contribution in [2.75, 3.05) is 13.2 Å². The number of carbonyl (C=O) groups excluding carboxylic acids is 2. The maximum atomic E-state index is 12.3. The van der Waals surface area contributed by atoms with Crippen LogP contribution < -0.4 is 10.6 Å². The summed E-state index contributed by atoms with van der Waals surface area (Å²) in [5, 5.41) is 14.1. The second kappa shape index (κ2) is 9.56. The lowest BCUT2D eigenvalue weighted by Crippen LogP contribution is -2.45. The van der Waals surface area contributed by atoms with Gasteiger partial charge in [0.05, 0.1) is 6.33 Å². The average Bonchev–Trinajstić information content (AvgIpc) is 3.41. The Bertz CT molecular complexity index is 1140. The maximum absolute atomic E-state index is 12.3. The van der Waals surface area contributed by atoms with E-state index >= 15 is 0 Å². The largest absolute Gasteiger partial charge is 0.476 e. The van der Waals surface area contributed by atoms with Gasteiger partial charge in [0, 0.05) is 25.2 Å². The molecule has 4 rings (SSSR count). The molecular weight excluding hydrogens is 424 g/mol. The number of imidazole rings is 1. The van der Waals surface area contributed by atoms with Gasteiger partial charge >= 0.3 is 12.1 Å². The van der Waals surface area contributed by atoms with Gasteiger partial charge in [-0.15, -0.1) is 0 Å². The first-order valence-corrected chi connectivity index (χ1v) is 10.6. The summed E-state index contributed by atoms with van der Waals surface area (Å²) in [5.74, 6) is -1.54. The molecule has 0 saturated heterocycles. The minimum Gasteiger partial charge on any atom is -0.476 e. The van der Waals surface area contributed by atoms with Gasteiger partial charge in [-0.1, -0.05) is 48.5 Å². The highest BCUT2D eigenvalue weighted by atomic mass is 16.5. The summed E-state index contributed by atoms with van der Waals surface area (Å²) in [6.45, 7) is 2.34. The van der Waals surface area contributed by atoms with E-state index in [1.807, 2.05) is 36.4 Å². The number of hydrogen-bond donors (Lipinski definition) is 3. The molecule has 1 heterocycles. The first kappa shape index (κ1) is 22.1. The molecule has 0 bridgehead atoms. The quantitative estimate of drug-likeness (QED) is 0.487. The minimum absolute atomic E-state index is 0.0573. The third kappa shape index (κ3) is 4.87. The standard InChI is InChI=1S/C24H24N4O5/c1-15(22(29)25-10-11-28-12-21(23(30)31)26-14-28)27-24(32)33-13-20-18-8-4-2-6-16(18)17-7-3-5-9-19(17)20/h2-9,12,14-15,20H,10-11,13H2,1H3,(H,25,29)(H,27,32)(H,30,31)/t15-/m0/s1. The second-order valence-electron chi connectivity index (χ2n) is 7.78. The molecule has 3 aromatic rings. The number of ether oxygens (including phenoxy) is 1. The van der Waals surface area contributed by atoms with Crippen molar-refractivity contribution in [1.29, 1.82) is 0 Å². The Balaban J connectivity index is 1.25. The van der Waals surface area contributed by atoms with Gasteiger partial charge in [0.15, 0.2) is 5.69 Å². The van der Waals surface area contributed by atoms with E-state index in [1.54, 1.807) is 11.5 Å². The first-order chi connectivity index (χ1) is 15.9. The molecular formula is C24H24N4O5.